The smallest absolute Gasteiger partial charge is 0.340 e. The Bertz CT molecular complexity index is 291. The van der Waals surface area contributed by atoms with Crippen LogP contribution < -0.4 is 0 Å². The highest BCUT2D eigenvalue weighted by Crippen LogP contribution is 2.40. The lowest BCUT2D eigenvalue weighted by molar-refractivity contribution is -0.156. The number of hydrogen-bond donors (Lipinski definition) is 0. The van der Waals surface area contributed by atoms with Crippen LogP contribution in [0.25, 0.3) is 0 Å². The Kier molecular flexibility index (Phi) is 3.57. The largest absolute Gasteiger partial charge is 0.469 e. The molecule has 1 saturated heterocycles. The molecule has 0 aliphatic carbocycles. The topological polar surface area (TPSA) is 65.1 Å². The van der Waals surface area contributed by atoms with Gasteiger partial charge < -0.3 is 14.2 Å². The monoisotopic (exact) mass is 230 g/mol. The molecule has 1 aliphatic rings. The number of carbonyl (C=O) groups excluding carboxylic acids is 2. The lowest BCUT2D eigenvalue weighted by Gasteiger charge is -2.24. The molecule has 1 heterocycles. The molecule has 0 aromatic heterocycles. The summed E-state index contributed by atoms with van der Waals surface area (Å²) in [5.41, 5.74) is -1.69. The summed E-state index contributed by atoms with van der Waals surface area (Å²) in [7, 11) is 1.33. The van der Waals surface area contributed by atoms with Gasteiger partial charge in [-0.15, -0.1) is 0 Å². The summed E-state index contributed by atoms with van der Waals surface area (Å²) in [4.78, 5) is 23.1. The molecule has 5 heteroatoms. The summed E-state index contributed by atoms with van der Waals surface area (Å²) in [6.07, 6.45) is 0.283. The number of hydrogen-bond acceptors (Lipinski definition) is 5. The fourth-order valence-electron chi connectivity index (χ4n) is 1.70. The molecule has 5 nitrogen and oxygen atoms in total. The first-order chi connectivity index (χ1) is 7.38. The van der Waals surface area contributed by atoms with Crippen LogP contribution in [-0.2, 0) is 23.8 Å². The van der Waals surface area contributed by atoms with E-state index >= 15 is 0 Å². The van der Waals surface area contributed by atoms with Gasteiger partial charge in [-0.3, -0.25) is 4.79 Å². The molecule has 0 saturated carbocycles. The minimum atomic E-state index is -0.937. The molecule has 0 spiro atoms. The standard InChI is InChI=1S/C11H18O5/c1-5-15-9(13)11(7-16-11)6-10(2,3)8(12)14-4/h5-7H2,1-4H3. The molecule has 1 atom stereocenters. The Balaban J connectivity index is 2.66. The first-order valence-electron chi connectivity index (χ1n) is 5.27. The molecule has 16 heavy (non-hydrogen) atoms. The van der Waals surface area contributed by atoms with E-state index in [1.807, 2.05) is 0 Å². The van der Waals surface area contributed by atoms with Crippen molar-refractivity contribution in [2.24, 2.45) is 5.41 Å². The summed E-state index contributed by atoms with van der Waals surface area (Å²) >= 11 is 0. The molecule has 92 valence electrons. The van der Waals surface area contributed by atoms with Gasteiger partial charge in [-0.1, -0.05) is 0 Å². The zero-order chi connectivity index (χ0) is 12.4. The maximum Gasteiger partial charge on any atom is 0.340 e. The first-order valence-corrected chi connectivity index (χ1v) is 5.27. The number of carbonyl (C=O) groups is 2. The minimum absolute atomic E-state index is 0.283. The van der Waals surface area contributed by atoms with Crippen LogP contribution in [0.3, 0.4) is 0 Å². The average molecular weight is 230 g/mol. The van der Waals surface area contributed by atoms with Gasteiger partial charge in [0.2, 0.25) is 0 Å². The van der Waals surface area contributed by atoms with Crippen LogP contribution in [0, 0.1) is 5.41 Å². The van der Waals surface area contributed by atoms with Crippen molar-refractivity contribution >= 4 is 11.9 Å². The maximum atomic E-state index is 11.6. The molecular weight excluding hydrogens is 212 g/mol. The second kappa shape index (κ2) is 4.41. The zero-order valence-electron chi connectivity index (χ0n) is 10.2. The van der Waals surface area contributed by atoms with Crippen molar-refractivity contribution in [3.05, 3.63) is 0 Å². The summed E-state index contributed by atoms with van der Waals surface area (Å²) < 4.78 is 14.8. The van der Waals surface area contributed by atoms with Gasteiger partial charge in [-0.05, 0) is 20.8 Å². The van der Waals surface area contributed by atoms with E-state index in [1.54, 1.807) is 20.8 Å². The van der Waals surface area contributed by atoms with Crippen molar-refractivity contribution in [2.45, 2.75) is 32.8 Å². The maximum absolute atomic E-state index is 11.6. The van der Waals surface area contributed by atoms with E-state index in [-0.39, 0.29) is 12.4 Å². The first kappa shape index (κ1) is 13.0. The molecule has 1 rings (SSSR count). The van der Waals surface area contributed by atoms with Gasteiger partial charge in [0, 0.05) is 6.42 Å². The third-order valence-electron chi connectivity index (χ3n) is 2.61. The Morgan fingerprint density at radius 3 is 2.38 bits per heavy atom. The lowest BCUT2D eigenvalue weighted by atomic mass is 9.83. The number of esters is 2. The normalized spacial score (nSPS) is 23.8. The Morgan fingerprint density at radius 2 is 2.00 bits per heavy atom. The van der Waals surface area contributed by atoms with Crippen LogP contribution >= 0.6 is 0 Å². The third kappa shape index (κ3) is 2.52. The minimum Gasteiger partial charge on any atom is -0.469 e. The molecule has 0 amide bonds. The predicted octanol–water partition coefficient (Wildman–Crippen LogP) is 0.908. The highest BCUT2D eigenvalue weighted by molar-refractivity contribution is 5.84. The van der Waals surface area contributed by atoms with E-state index in [0.29, 0.717) is 13.2 Å². The highest BCUT2D eigenvalue weighted by Gasteiger charge is 2.57. The summed E-state index contributed by atoms with van der Waals surface area (Å²) in [6, 6.07) is 0. The van der Waals surface area contributed by atoms with Crippen LogP contribution in [0.2, 0.25) is 0 Å². The predicted molar refractivity (Wildman–Crippen MR) is 55.7 cm³/mol. The zero-order valence-corrected chi connectivity index (χ0v) is 10.2. The quantitative estimate of drug-likeness (QED) is 0.518. The van der Waals surface area contributed by atoms with Crippen LogP contribution in [0.1, 0.15) is 27.2 Å². The van der Waals surface area contributed by atoms with Crippen LogP contribution in [0.4, 0.5) is 0 Å². The molecular formula is C11H18O5. The van der Waals surface area contributed by atoms with Gasteiger partial charge in [-0.2, -0.15) is 0 Å². The van der Waals surface area contributed by atoms with Crippen molar-refractivity contribution in [3.63, 3.8) is 0 Å². The van der Waals surface area contributed by atoms with Crippen LogP contribution in [0.5, 0.6) is 0 Å². The van der Waals surface area contributed by atoms with Crippen molar-refractivity contribution < 1.29 is 23.8 Å². The fourth-order valence-corrected chi connectivity index (χ4v) is 1.70. The van der Waals surface area contributed by atoms with Gasteiger partial charge in [0.15, 0.2) is 5.60 Å². The number of epoxide rings is 1. The second-order valence-corrected chi connectivity index (χ2v) is 4.56. The Morgan fingerprint density at radius 1 is 1.44 bits per heavy atom. The average Bonchev–Trinajstić information content (AvgIpc) is 2.97. The molecule has 0 N–H and O–H groups in total. The van der Waals surface area contributed by atoms with E-state index < -0.39 is 17.0 Å². The van der Waals surface area contributed by atoms with E-state index in [9.17, 15) is 9.59 Å². The molecule has 1 fully saturated rings. The third-order valence-corrected chi connectivity index (χ3v) is 2.61. The summed E-state index contributed by atoms with van der Waals surface area (Å²) in [5.74, 6) is -0.751. The SMILES string of the molecule is CCOC(=O)C1(CC(C)(C)C(=O)OC)CO1. The summed E-state index contributed by atoms with van der Waals surface area (Å²) in [6.45, 7) is 5.80. The van der Waals surface area contributed by atoms with E-state index in [2.05, 4.69) is 4.74 Å². The molecule has 0 aromatic rings. The Hall–Kier alpha value is -1.10. The van der Waals surface area contributed by atoms with Crippen molar-refractivity contribution in [1.82, 2.24) is 0 Å². The van der Waals surface area contributed by atoms with Crippen molar-refractivity contribution in [1.29, 1.82) is 0 Å². The van der Waals surface area contributed by atoms with Gasteiger partial charge >= 0.3 is 11.9 Å². The van der Waals surface area contributed by atoms with Gasteiger partial charge in [0.1, 0.15) is 0 Å². The molecule has 0 bridgehead atoms. The van der Waals surface area contributed by atoms with Gasteiger partial charge in [-0.25, -0.2) is 4.79 Å². The van der Waals surface area contributed by atoms with E-state index in [0.717, 1.165) is 0 Å². The number of rotatable bonds is 5. The van der Waals surface area contributed by atoms with Crippen molar-refractivity contribution in [3.8, 4) is 0 Å². The van der Waals surface area contributed by atoms with Gasteiger partial charge in [0.05, 0.1) is 25.7 Å². The van der Waals surface area contributed by atoms with Crippen LogP contribution in [-0.4, -0.2) is 37.9 Å². The molecule has 0 radical (unpaired) electrons. The molecule has 1 unspecified atom stereocenters. The van der Waals surface area contributed by atoms with Crippen LogP contribution in [0.15, 0.2) is 0 Å². The molecule has 0 aromatic carbocycles. The lowest BCUT2D eigenvalue weighted by Crippen LogP contribution is -2.37. The van der Waals surface area contributed by atoms with E-state index in [4.69, 9.17) is 9.47 Å². The fraction of sp³-hybridized carbons (Fsp3) is 0.818. The molecule has 1 aliphatic heterocycles. The summed E-state index contributed by atoms with van der Waals surface area (Å²) in [5, 5.41) is 0. The van der Waals surface area contributed by atoms with Gasteiger partial charge in [0.25, 0.3) is 0 Å². The highest BCUT2D eigenvalue weighted by atomic mass is 16.6. The number of methoxy groups -OCH3 is 1. The van der Waals surface area contributed by atoms with E-state index in [1.165, 1.54) is 7.11 Å². The number of ether oxygens (including phenoxy) is 3. The second-order valence-electron chi connectivity index (χ2n) is 4.56. The van der Waals surface area contributed by atoms with Crippen molar-refractivity contribution in [2.75, 3.05) is 20.3 Å². The Labute approximate surface area is 95.0 Å².